The number of likely N-dealkylation sites (tertiary alicyclic amines) is 1. The van der Waals surface area contributed by atoms with Gasteiger partial charge in [-0.1, -0.05) is 61.1 Å². The highest BCUT2D eigenvalue weighted by Crippen LogP contribution is 2.44. The van der Waals surface area contributed by atoms with Crippen LogP contribution < -0.4 is 25.0 Å². The molecule has 1 aliphatic carbocycles. The molecule has 2 unspecified atom stereocenters. The first kappa shape index (κ1) is 59.6. The largest absolute Gasteiger partial charge is 0.455 e. The molecule has 20 nitrogen and oxygen atoms in total. The smallest absolute Gasteiger partial charge is 0.293 e. The number of rotatable bonds is 19. The number of pyridine rings is 1. The summed E-state index contributed by atoms with van der Waals surface area (Å²) in [7, 11) is -4.64. The van der Waals surface area contributed by atoms with Gasteiger partial charge in [-0.25, -0.2) is 18.1 Å². The van der Waals surface area contributed by atoms with E-state index < -0.39 is 43.4 Å². The zero-order valence-electron chi connectivity index (χ0n) is 48.2. The quantitative estimate of drug-likeness (QED) is 0.0194. The second-order valence-electron chi connectivity index (χ2n) is 23.5. The van der Waals surface area contributed by atoms with Crippen LogP contribution in [-0.4, -0.2) is 140 Å². The maximum Gasteiger partial charge on any atom is 0.293 e. The monoisotopic (exact) mass is 1200 g/mol. The molecule has 2 atom stereocenters. The number of anilines is 2. The van der Waals surface area contributed by atoms with E-state index in [0.717, 1.165) is 87.5 Å². The van der Waals surface area contributed by atoms with Crippen molar-refractivity contribution in [2.24, 2.45) is 11.3 Å². The van der Waals surface area contributed by atoms with E-state index in [4.69, 9.17) is 21.1 Å². The number of halogens is 1. The molecule has 0 bridgehead atoms. The van der Waals surface area contributed by atoms with E-state index in [1.165, 1.54) is 46.0 Å². The number of amides is 4. The highest BCUT2D eigenvalue weighted by molar-refractivity contribution is 7.90. The van der Waals surface area contributed by atoms with Crippen LogP contribution in [0.15, 0.2) is 114 Å². The van der Waals surface area contributed by atoms with E-state index in [1.54, 1.807) is 36.5 Å². The fourth-order valence-corrected chi connectivity index (χ4v) is 13.4. The molecule has 6 heterocycles. The predicted molar refractivity (Wildman–Crippen MR) is 327 cm³/mol. The lowest BCUT2D eigenvalue weighted by Gasteiger charge is -2.39. The van der Waals surface area contributed by atoms with Crippen LogP contribution in [0.2, 0.25) is 5.02 Å². The van der Waals surface area contributed by atoms with Gasteiger partial charge in [0, 0.05) is 117 Å². The molecule has 4 aromatic carbocycles. The van der Waals surface area contributed by atoms with E-state index in [2.05, 4.69) is 77.8 Å². The number of piperidine rings is 2. The Labute approximate surface area is 504 Å². The highest BCUT2D eigenvalue weighted by atomic mass is 35.5. The number of piperazine rings is 1. The molecule has 4 aliphatic heterocycles. The van der Waals surface area contributed by atoms with Crippen LogP contribution in [-0.2, 0) is 30.9 Å². The summed E-state index contributed by atoms with van der Waals surface area (Å²) in [5.41, 5.74) is 7.33. The third-order valence-corrected chi connectivity index (χ3v) is 18.5. The average Bonchev–Trinajstić information content (AvgIpc) is 2.84. The number of ether oxygens (including phenoxy) is 2. The van der Waals surface area contributed by atoms with E-state index in [9.17, 15) is 37.7 Å². The molecule has 4 N–H and O–H groups in total. The van der Waals surface area contributed by atoms with Crippen LogP contribution in [0, 0.1) is 33.3 Å². The van der Waals surface area contributed by atoms with Crippen molar-refractivity contribution in [3.05, 3.63) is 152 Å². The van der Waals surface area contributed by atoms with E-state index in [-0.39, 0.29) is 59.5 Å². The van der Waals surface area contributed by atoms with Crippen LogP contribution in [0.5, 0.6) is 11.5 Å². The fraction of sp³-hybridized carbons (Fsp3) is 0.391. The summed E-state index contributed by atoms with van der Waals surface area (Å²) in [4.78, 5) is 79.0. The topological polar surface area (TPSA) is 242 Å². The number of benzene rings is 4. The predicted octanol–water partition coefficient (Wildman–Crippen LogP) is 9.16. The minimum Gasteiger partial charge on any atom is -0.455 e. The Morgan fingerprint density at radius 1 is 0.942 bits per heavy atom. The number of fused-ring (bicyclic) bond motifs is 2. The standard InChI is InChI=1S/C64H69ClN10O10S/c1-64(2)23-21-46(53(36-64)44-11-13-47(65)14-12-44)40-72-26-28-73(29-27-72)48-15-17-52(58(34-48)85-49-33-45-22-24-66-60(45)68-38-49)61(77)70-86(82,83)50-16-18-55(57(35-50)75(80)81)67-37-42-7-6-25-71(39-42)30-32-84-31-4-3-8-43-9-5-10-51-54(43)41-74(63(51)79)56-19-20-59(76)69-62(56)78/h5,9-18,22,24,33-35,38,42,56,67H,4,6-7,19-21,23,25-32,36-37,39-41H2,1-2H3,(H,66,68)(H,70,77)(H,69,76,78). The van der Waals surface area contributed by atoms with Crippen LogP contribution in [0.25, 0.3) is 16.6 Å². The second kappa shape index (κ2) is 25.8. The van der Waals surface area contributed by atoms with Crippen molar-refractivity contribution in [2.75, 3.05) is 82.3 Å². The summed E-state index contributed by atoms with van der Waals surface area (Å²) in [5, 5.41) is 19.5. The zero-order valence-corrected chi connectivity index (χ0v) is 49.7. The van der Waals surface area contributed by atoms with Gasteiger partial charge in [-0.15, -0.1) is 0 Å². The van der Waals surface area contributed by atoms with Crippen LogP contribution in [0.3, 0.4) is 0 Å². The summed E-state index contributed by atoms with van der Waals surface area (Å²) in [5.74, 6) is 4.88. The minimum atomic E-state index is -4.64. The third kappa shape index (κ3) is 13.9. The lowest BCUT2D eigenvalue weighted by molar-refractivity contribution is -0.384. The molecule has 0 radical (unpaired) electrons. The second-order valence-corrected chi connectivity index (χ2v) is 25.6. The molecule has 6 aromatic rings. The molecule has 86 heavy (non-hydrogen) atoms. The van der Waals surface area contributed by atoms with Gasteiger partial charge in [-0.3, -0.25) is 39.5 Å². The number of allylic oxidation sites excluding steroid dienone is 1. The SMILES string of the molecule is CC1(C)CCC(CN2CCN(c3ccc(C(=O)NS(=O)(=O)c4ccc(NCC5CCCN(CCOCCC#Cc6cccc7c6CN(C6CCC(=O)NC6=O)C7=O)C5)c([N+](=O)[O-])c4)c(Oc4cnc5[nH]ccc5c4)c3)CC2)=C(c2ccc(Cl)cc2)C1. The Bertz CT molecular complexity index is 3810. The molecule has 0 saturated carbocycles. The highest BCUT2D eigenvalue weighted by Gasteiger charge is 2.40. The summed E-state index contributed by atoms with van der Waals surface area (Å²) in [6, 6.07) is 25.0. The number of hydrogen-bond donors (Lipinski definition) is 4. The van der Waals surface area contributed by atoms with Crippen molar-refractivity contribution in [1.82, 2.24) is 34.7 Å². The first-order chi connectivity index (χ1) is 41.4. The number of nitro groups is 1. The summed E-state index contributed by atoms with van der Waals surface area (Å²) < 4.78 is 42.5. The van der Waals surface area contributed by atoms with E-state index >= 15 is 0 Å². The van der Waals surface area contributed by atoms with Gasteiger partial charge in [-0.2, -0.15) is 0 Å². The Hall–Kier alpha value is -8.13. The molecule has 5 aliphatic rings. The summed E-state index contributed by atoms with van der Waals surface area (Å²) >= 11 is 6.27. The number of hydrogen-bond acceptors (Lipinski definition) is 15. The number of carbonyl (C=O) groups is 4. The van der Waals surface area contributed by atoms with Crippen LogP contribution >= 0.6 is 11.6 Å². The normalized spacial score (nSPS) is 19.2. The number of aromatic amines is 1. The number of sulfonamides is 1. The van der Waals surface area contributed by atoms with Gasteiger partial charge < -0.3 is 34.5 Å². The first-order valence-electron chi connectivity index (χ1n) is 29.3. The zero-order chi connectivity index (χ0) is 60.1. The van der Waals surface area contributed by atoms with Crippen LogP contribution in [0.1, 0.15) is 103 Å². The number of carbonyl (C=O) groups excluding carboxylic acids is 4. The lowest BCUT2D eigenvalue weighted by Crippen LogP contribution is -2.52. The Kier molecular flexibility index (Phi) is 17.9. The maximum atomic E-state index is 14.2. The molecule has 4 amide bonds. The van der Waals surface area contributed by atoms with Crippen molar-refractivity contribution in [3.63, 3.8) is 0 Å². The van der Waals surface area contributed by atoms with Gasteiger partial charge >= 0.3 is 0 Å². The molecular formula is C64H69ClN10O10S. The Balaban J connectivity index is 0.686. The van der Waals surface area contributed by atoms with E-state index in [1.807, 2.05) is 24.3 Å². The maximum absolute atomic E-state index is 14.2. The van der Waals surface area contributed by atoms with Gasteiger partial charge in [0.2, 0.25) is 11.8 Å². The molecular weight excluding hydrogens is 1140 g/mol. The summed E-state index contributed by atoms with van der Waals surface area (Å²) in [6.07, 6.45) is 9.15. The van der Waals surface area contributed by atoms with Gasteiger partial charge in [-0.05, 0) is 134 Å². The van der Waals surface area contributed by atoms with Crippen molar-refractivity contribution in [2.45, 2.75) is 82.7 Å². The van der Waals surface area contributed by atoms with Crippen LogP contribution in [0.4, 0.5) is 17.1 Å². The fourth-order valence-electron chi connectivity index (χ4n) is 12.2. The first-order valence-corrected chi connectivity index (χ1v) is 31.1. The summed E-state index contributed by atoms with van der Waals surface area (Å²) in [6.45, 7) is 12.3. The number of H-pyrrole nitrogens is 1. The third-order valence-electron chi connectivity index (χ3n) is 17.0. The van der Waals surface area contributed by atoms with E-state index in [0.29, 0.717) is 73.4 Å². The molecule has 2 aromatic heterocycles. The number of imide groups is 1. The molecule has 22 heteroatoms. The van der Waals surface area contributed by atoms with Crippen molar-refractivity contribution in [1.29, 1.82) is 0 Å². The molecule has 448 valence electrons. The van der Waals surface area contributed by atoms with Crippen molar-refractivity contribution in [3.8, 4) is 23.3 Å². The van der Waals surface area contributed by atoms with Crippen molar-refractivity contribution >= 4 is 78.9 Å². The number of nitrogens with one attached hydrogen (secondary N) is 4. The van der Waals surface area contributed by atoms with Gasteiger partial charge in [0.1, 0.15) is 28.9 Å². The minimum absolute atomic E-state index is 0.0620. The number of nitro benzene ring substituents is 1. The number of nitrogens with zero attached hydrogens (tertiary/aromatic N) is 6. The Morgan fingerprint density at radius 3 is 2.57 bits per heavy atom. The molecule has 0 spiro atoms. The molecule has 3 fully saturated rings. The van der Waals surface area contributed by atoms with Gasteiger partial charge in [0.25, 0.3) is 27.5 Å². The Morgan fingerprint density at radius 2 is 1.77 bits per heavy atom. The van der Waals surface area contributed by atoms with Gasteiger partial charge in [0.05, 0.1) is 34.8 Å². The van der Waals surface area contributed by atoms with Crippen molar-refractivity contribution < 1.29 is 42.0 Å². The molecule has 3 saturated heterocycles. The lowest BCUT2D eigenvalue weighted by atomic mass is 9.72. The van der Waals surface area contributed by atoms with Gasteiger partial charge in [0.15, 0.2) is 0 Å². The average molecular weight is 1210 g/mol. The molecule has 11 rings (SSSR count). The number of aromatic nitrogens is 2.